The van der Waals surface area contributed by atoms with E-state index in [1.54, 1.807) is 24.3 Å². The number of rotatable bonds is 22. The number of aliphatic hydroxyl groups is 2. The molecule has 0 bridgehead atoms. The molecule has 0 fully saturated rings. The zero-order valence-electron chi connectivity index (χ0n) is 45.7. The summed E-state index contributed by atoms with van der Waals surface area (Å²) in [5.74, 6) is -4.08. The van der Waals surface area contributed by atoms with E-state index in [0.717, 1.165) is 68.3 Å². The van der Waals surface area contributed by atoms with Gasteiger partial charge >= 0.3 is 37.7 Å². The van der Waals surface area contributed by atoms with Crippen molar-refractivity contribution in [1.82, 2.24) is 9.13 Å². The van der Waals surface area contributed by atoms with E-state index in [9.17, 15) is 48.4 Å². The topological polar surface area (TPSA) is 189 Å². The molecular weight excluding hydrogens is 1050 g/mol. The molecule has 2 heterocycles. The van der Waals surface area contributed by atoms with Crippen LogP contribution in [0.25, 0.3) is 44.8 Å². The van der Waals surface area contributed by atoms with E-state index in [-0.39, 0.29) is 85.9 Å². The molecule has 0 unspecified atom stereocenters. The predicted molar refractivity (Wildman–Crippen MR) is 312 cm³/mol. The number of amides is 2. The van der Waals surface area contributed by atoms with Gasteiger partial charge in [0, 0.05) is 47.0 Å². The maximum Gasteiger partial charge on any atom is 2.00 e. The predicted octanol–water partition coefficient (Wildman–Crippen LogP) is 11.2. The summed E-state index contributed by atoms with van der Waals surface area (Å²) in [6.45, 7) is 8.72. The molecule has 0 spiro atoms. The van der Waals surface area contributed by atoms with E-state index in [4.69, 9.17) is 0 Å². The number of anilines is 2. The van der Waals surface area contributed by atoms with Crippen LogP contribution in [0, 0.1) is 11.6 Å². The number of carbonyl (C=O) groups excluding carboxylic acids is 4. The van der Waals surface area contributed by atoms with E-state index in [0.29, 0.717) is 48.4 Å². The van der Waals surface area contributed by atoms with Gasteiger partial charge in [-0.25, -0.2) is 8.78 Å². The van der Waals surface area contributed by atoms with Crippen LogP contribution < -0.4 is 20.8 Å². The molecule has 12 nitrogen and oxygen atoms in total. The minimum Gasteiger partial charge on any atom is -0.545 e. The molecular formula is C66H64CaF2N4O8. The third-order valence-corrected chi connectivity index (χ3v) is 13.3. The van der Waals surface area contributed by atoms with Gasteiger partial charge in [0.1, 0.15) is 11.6 Å². The summed E-state index contributed by atoms with van der Waals surface area (Å²) in [6, 6.07) is 49.9. The van der Waals surface area contributed by atoms with Crippen molar-refractivity contribution in [2.45, 2.75) is 90.5 Å². The van der Waals surface area contributed by atoms with Crippen LogP contribution in [0.3, 0.4) is 0 Å². The molecule has 15 heteroatoms. The first-order valence-electron chi connectivity index (χ1n) is 26.5. The Hall–Kier alpha value is -7.72. The van der Waals surface area contributed by atoms with Crippen molar-refractivity contribution in [3.8, 4) is 44.8 Å². The number of nitrogens with zero attached hydrogens (tertiary/aromatic N) is 2. The first-order valence-corrected chi connectivity index (χ1v) is 26.5. The van der Waals surface area contributed by atoms with Gasteiger partial charge in [-0.05, 0) is 145 Å². The molecule has 412 valence electrons. The van der Waals surface area contributed by atoms with Crippen LogP contribution in [0.5, 0.6) is 0 Å². The quantitative estimate of drug-likeness (QED) is 0.0381. The number of para-hydroxylation sites is 2. The first kappa shape index (κ1) is 62.5. The van der Waals surface area contributed by atoms with Gasteiger partial charge in [0.25, 0.3) is 11.8 Å². The van der Waals surface area contributed by atoms with Gasteiger partial charge in [0.2, 0.25) is 0 Å². The Kier molecular flexibility index (Phi) is 23.3. The van der Waals surface area contributed by atoms with Crippen LogP contribution in [0.4, 0.5) is 20.2 Å². The Bertz CT molecular complexity index is 3190. The van der Waals surface area contributed by atoms with Crippen LogP contribution in [-0.4, -0.2) is 93.0 Å². The Balaban J connectivity index is 0.000000258. The molecule has 2 amide bonds. The summed E-state index contributed by atoms with van der Waals surface area (Å²) in [6.07, 6.45) is 3.80. The third kappa shape index (κ3) is 16.7. The molecule has 2 aromatic heterocycles. The average molecular weight is 1120 g/mol. The maximum atomic E-state index is 14.0. The SMILES string of the molecule is CC(C)c1c(C(=O)Nc2ccccc2)c(-c2ccccc2)c(-c2ccc(F)cc2)n1CC[C@@H](O)C/C=C/C(=O)[O-].CC(C)c1c(C(=O)Nc2ccccc2)c(-c2ccccc2)c(-c2ccc(F)cc2)n1CC[C@@H](O)C/C=C/C(=O)[O-].[Ca+2]. The summed E-state index contributed by atoms with van der Waals surface area (Å²) < 4.78 is 32.0. The molecule has 0 saturated heterocycles. The van der Waals surface area contributed by atoms with Gasteiger partial charge in [-0.3, -0.25) is 9.59 Å². The number of nitrogens with one attached hydrogen (secondary N) is 2. The normalized spacial score (nSPS) is 12.0. The molecule has 0 aliphatic carbocycles. The Morgan fingerprint density at radius 1 is 0.481 bits per heavy atom. The van der Waals surface area contributed by atoms with Crippen molar-refractivity contribution in [1.29, 1.82) is 0 Å². The monoisotopic (exact) mass is 1120 g/mol. The number of carboxylic acid groups (broad SMARTS) is 2. The molecule has 0 aliphatic heterocycles. The third-order valence-electron chi connectivity index (χ3n) is 13.3. The van der Waals surface area contributed by atoms with Crippen LogP contribution in [0.2, 0.25) is 0 Å². The van der Waals surface area contributed by atoms with Crippen LogP contribution in [0.15, 0.2) is 194 Å². The zero-order chi connectivity index (χ0) is 57.3. The molecule has 81 heavy (non-hydrogen) atoms. The fourth-order valence-electron chi connectivity index (χ4n) is 9.85. The van der Waals surface area contributed by atoms with E-state index in [2.05, 4.69) is 10.6 Å². The summed E-state index contributed by atoms with van der Waals surface area (Å²) in [7, 11) is 0. The van der Waals surface area contributed by atoms with Crippen LogP contribution in [-0.2, 0) is 22.7 Å². The van der Waals surface area contributed by atoms with Gasteiger partial charge < -0.3 is 49.8 Å². The van der Waals surface area contributed by atoms with Crippen molar-refractivity contribution in [2.24, 2.45) is 0 Å². The summed E-state index contributed by atoms with van der Waals surface area (Å²) in [5, 5.41) is 48.8. The number of hydrogen-bond acceptors (Lipinski definition) is 8. The molecule has 8 rings (SSSR count). The largest absolute Gasteiger partial charge is 2.00 e. The number of carboxylic acids is 2. The van der Waals surface area contributed by atoms with Gasteiger partial charge in [0.15, 0.2) is 0 Å². The van der Waals surface area contributed by atoms with Crippen molar-refractivity contribution >= 4 is 72.9 Å². The molecule has 6 aromatic carbocycles. The van der Waals surface area contributed by atoms with Crippen LogP contribution >= 0.6 is 0 Å². The minimum absolute atomic E-state index is 0. The summed E-state index contributed by atoms with van der Waals surface area (Å²) in [4.78, 5) is 49.5. The van der Waals surface area contributed by atoms with Crippen LogP contribution in [0.1, 0.15) is 97.3 Å². The van der Waals surface area contributed by atoms with Gasteiger partial charge in [0.05, 0.1) is 46.7 Å². The van der Waals surface area contributed by atoms with Gasteiger partial charge in [-0.1, -0.05) is 137 Å². The second-order valence-electron chi connectivity index (χ2n) is 19.8. The van der Waals surface area contributed by atoms with Gasteiger partial charge in [-0.2, -0.15) is 0 Å². The molecule has 2 atom stereocenters. The number of aliphatic hydroxyl groups excluding tert-OH is 2. The molecule has 0 saturated carbocycles. The van der Waals surface area contributed by atoms with Crippen molar-refractivity contribution in [2.75, 3.05) is 10.6 Å². The smallest absolute Gasteiger partial charge is 0.545 e. The number of hydrogen-bond donors (Lipinski definition) is 4. The molecule has 0 radical (unpaired) electrons. The number of aliphatic carboxylic acids is 2. The fraction of sp³-hybridized carbons (Fsp3) is 0.212. The number of aromatic nitrogens is 2. The van der Waals surface area contributed by atoms with E-state index in [1.165, 1.54) is 36.4 Å². The zero-order valence-corrected chi connectivity index (χ0v) is 47.9. The summed E-state index contributed by atoms with van der Waals surface area (Å²) in [5.41, 5.74) is 9.94. The second kappa shape index (κ2) is 30.2. The average Bonchev–Trinajstić information content (AvgIpc) is 4.18. The number of benzene rings is 6. The number of carbonyl (C=O) groups is 4. The Morgan fingerprint density at radius 2 is 0.790 bits per heavy atom. The van der Waals surface area contributed by atoms with E-state index < -0.39 is 24.1 Å². The molecule has 0 aliphatic rings. The summed E-state index contributed by atoms with van der Waals surface area (Å²) >= 11 is 0. The maximum absolute atomic E-state index is 14.0. The Morgan fingerprint density at radius 3 is 1.09 bits per heavy atom. The molecule has 4 N–H and O–H groups in total. The minimum atomic E-state index is -1.32. The second-order valence-corrected chi connectivity index (χ2v) is 19.8. The van der Waals surface area contributed by atoms with Crippen molar-refractivity contribution in [3.63, 3.8) is 0 Å². The van der Waals surface area contributed by atoms with Gasteiger partial charge in [-0.15, -0.1) is 0 Å². The van der Waals surface area contributed by atoms with Crippen molar-refractivity contribution in [3.05, 3.63) is 228 Å². The van der Waals surface area contributed by atoms with E-state index >= 15 is 0 Å². The number of halogens is 2. The fourth-order valence-corrected chi connectivity index (χ4v) is 9.85. The first-order chi connectivity index (χ1) is 38.5. The van der Waals surface area contributed by atoms with E-state index in [1.807, 2.05) is 158 Å². The Labute approximate surface area is 501 Å². The standard InChI is InChI=1S/2C33H33FN2O4.Ca/c2*1-22(2)31-30(33(40)35-26-12-7-4-8-13-26)29(23-10-5-3-6-11-23)32(24-16-18-25(34)19-17-24)36(31)21-20-27(37)14-9-15-28(38)39;/h2*3-13,15-19,22,27,37H,14,20-21H2,1-2H3,(H,35,40)(H,38,39);/q;;+2/p-2/b2*15-9+;/t2*27-;/m00./s1. The molecule has 8 aromatic rings. The van der Waals surface area contributed by atoms with Crippen molar-refractivity contribution < 1.29 is 48.4 Å².